The second kappa shape index (κ2) is 5.24. The summed E-state index contributed by atoms with van der Waals surface area (Å²) < 4.78 is 19.2. The fraction of sp³-hybridized carbons (Fsp3) is 0. The van der Waals surface area contributed by atoms with Crippen LogP contribution in [0.2, 0.25) is 0 Å². The van der Waals surface area contributed by atoms with Crippen LogP contribution in [-0.2, 0) is 0 Å². The Kier molecular flexibility index (Phi) is 3.43. The normalized spacial score (nSPS) is 10.7. The van der Waals surface area contributed by atoms with Crippen LogP contribution in [0.4, 0.5) is 10.3 Å². The van der Waals surface area contributed by atoms with E-state index in [1.54, 1.807) is 12.1 Å². The van der Waals surface area contributed by atoms with Crippen molar-refractivity contribution >= 4 is 28.5 Å². The summed E-state index contributed by atoms with van der Waals surface area (Å²) in [5, 5.41) is 4.03. The van der Waals surface area contributed by atoms with E-state index >= 15 is 0 Å². The maximum Gasteiger partial charge on any atom is 0.230 e. The van der Waals surface area contributed by atoms with Gasteiger partial charge < -0.3 is 10.3 Å². The van der Waals surface area contributed by atoms with Gasteiger partial charge in [-0.1, -0.05) is 29.4 Å². The fourth-order valence-corrected chi connectivity index (χ4v) is 2.57. The molecular formula is C15H10FIN2O. The largest absolute Gasteiger partial charge is 0.367 e. The van der Waals surface area contributed by atoms with Crippen molar-refractivity contribution in [2.45, 2.75) is 0 Å². The molecule has 0 aliphatic rings. The monoisotopic (exact) mass is 380 g/mol. The van der Waals surface area contributed by atoms with E-state index in [4.69, 9.17) is 10.3 Å². The fourth-order valence-electron chi connectivity index (χ4n) is 2.03. The highest BCUT2D eigenvalue weighted by molar-refractivity contribution is 14.1. The smallest absolute Gasteiger partial charge is 0.230 e. The molecule has 20 heavy (non-hydrogen) atoms. The van der Waals surface area contributed by atoms with Gasteiger partial charge in [-0.05, 0) is 52.4 Å². The first-order valence-electron chi connectivity index (χ1n) is 5.92. The molecule has 0 unspecified atom stereocenters. The van der Waals surface area contributed by atoms with Crippen LogP contribution in [0, 0.1) is 9.39 Å². The molecule has 5 heteroatoms. The van der Waals surface area contributed by atoms with Crippen LogP contribution in [0.1, 0.15) is 0 Å². The number of nitrogen functional groups attached to an aromatic ring is 1. The van der Waals surface area contributed by atoms with Crippen molar-refractivity contribution in [3.8, 4) is 22.4 Å². The summed E-state index contributed by atoms with van der Waals surface area (Å²) >= 11 is 2.23. The molecular weight excluding hydrogens is 370 g/mol. The van der Waals surface area contributed by atoms with E-state index in [9.17, 15) is 4.39 Å². The van der Waals surface area contributed by atoms with E-state index in [-0.39, 0.29) is 11.7 Å². The molecule has 0 amide bonds. The van der Waals surface area contributed by atoms with E-state index in [1.807, 2.05) is 24.3 Å². The zero-order chi connectivity index (χ0) is 14.1. The molecule has 0 saturated carbocycles. The maximum atomic E-state index is 13.0. The quantitative estimate of drug-likeness (QED) is 0.674. The van der Waals surface area contributed by atoms with Crippen molar-refractivity contribution in [2.75, 3.05) is 5.73 Å². The van der Waals surface area contributed by atoms with Crippen LogP contribution in [0.25, 0.3) is 22.4 Å². The number of nitrogens with two attached hydrogens (primary N) is 1. The maximum absolute atomic E-state index is 13.0. The average Bonchev–Trinajstić information content (AvgIpc) is 2.82. The van der Waals surface area contributed by atoms with Crippen molar-refractivity contribution in [2.24, 2.45) is 0 Å². The number of halogens is 2. The zero-order valence-electron chi connectivity index (χ0n) is 10.3. The number of rotatable bonds is 2. The summed E-state index contributed by atoms with van der Waals surface area (Å²) in [6, 6.07) is 14.0. The molecule has 100 valence electrons. The summed E-state index contributed by atoms with van der Waals surface area (Å²) in [6.45, 7) is 0. The van der Waals surface area contributed by atoms with Gasteiger partial charge in [-0.15, -0.1) is 0 Å². The molecule has 0 saturated heterocycles. The van der Waals surface area contributed by atoms with Gasteiger partial charge in [0.25, 0.3) is 0 Å². The first-order chi connectivity index (χ1) is 9.65. The van der Waals surface area contributed by atoms with Crippen LogP contribution in [0.3, 0.4) is 0 Å². The highest BCUT2D eigenvalue weighted by atomic mass is 127. The number of nitrogens with zero attached hydrogens (tertiary/aromatic N) is 1. The lowest BCUT2D eigenvalue weighted by Crippen LogP contribution is -1.88. The molecule has 3 rings (SSSR count). The minimum Gasteiger partial charge on any atom is -0.367 e. The number of hydrogen-bond donors (Lipinski definition) is 1. The Bertz CT molecular complexity index is 753. The van der Waals surface area contributed by atoms with Crippen molar-refractivity contribution in [3.63, 3.8) is 0 Å². The standard InChI is InChI=1S/C15H10FIN2O/c16-11-6-4-9(5-7-11)13-14(19-20-15(13)18)10-2-1-3-12(17)8-10/h1-8H,18H2. The molecule has 2 aromatic carbocycles. The zero-order valence-corrected chi connectivity index (χ0v) is 12.5. The van der Waals surface area contributed by atoms with Crippen LogP contribution in [-0.4, -0.2) is 5.16 Å². The first-order valence-corrected chi connectivity index (χ1v) is 7.00. The Morgan fingerprint density at radius 2 is 1.80 bits per heavy atom. The molecule has 0 aliphatic heterocycles. The molecule has 0 radical (unpaired) electrons. The first kappa shape index (κ1) is 13.1. The Hall–Kier alpha value is -1.89. The predicted molar refractivity (Wildman–Crippen MR) is 84.5 cm³/mol. The SMILES string of the molecule is Nc1onc(-c2cccc(I)c2)c1-c1ccc(F)cc1. The number of anilines is 1. The highest BCUT2D eigenvalue weighted by Crippen LogP contribution is 2.36. The number of benzene rings is 2. The molecule has 3 aromatic rings. The van der Waals surface area contributed by atoms with E-state index in [1.165, 1.54) is 12.1 Å². The van der Waals surface area contributed by atoms with Crippen molar-refractivity contribution in [3.05, 3.63) is 57.9 Å². The van der Waals surface area contributed by atoms with Crippen molar-refractivity contribution in [1.82, 2.24) is 5.16 Å². The van der Waals surface area contributed by atoms with Crippen LogP contribution < -0.4 is 5.73 Å². The Balaban J connectivity index is 2.17. The lowest BCUT2D eigenvalue weighted by atomic mass is 10.0. The Morgan fingerprint density at radius 3 is 2.50 bits per heavy atom. The highest BCUT2D eigenvalue weighted by Gasteiger charge is 2.17. The van der Waals surface area contributed by atoms with Gasteiger partial charge in [0.05, 0.1) is 5.56 Å². The van der Waals surface area contributed by atoms with Crippen LogP contribution in [0.5, 0.6) is 0 Å². The molecule has 0 aliphatic carbocycles. The third-order valence-electron chi connectivity index (χ3n) is 2.95. The summed E-state index contributed by atoms with van der Waals surface area (Å²) in [4.78, 5) is 0. The van der Waals surface area contributed by atoms with Gasteiger partial charge in [0, 0.05) is 9.13 Å². The van der Waals surface area contributed by atoms with E-state index < -0.39 is 0 Å². The van der Waals surface area contributed by atoms with Crippen molar-refractivity contribution < 1.29 is 8.91 Å². The summed E-state index contributed by atoms with van der Waals surface area (Å²) in [7, 11) is 0. The lowest BCUT2D eigenvalue weighted by molar-refractivity contribution is 0.439. The van der Waals surface area contributed by atoms with Gasteiger partial charge in [-0.2, -0.15) is 0 Å². The van der Waals surface area contributed by atoms with E-state index in [0.29, 0.717) is 11.3 Å². The van der Waals surface area contributed by atoms with Gasteiger partial charge in [-0.25, -0.2) is 4.39 Å². The molecule has 1 aromatic heterocycles. The lowest BCUT2D eigenvalue weighted by Gasteiger charge is -2.03. The van der Waals surface area contributed by atoms with Gasteiger partial charge in [0.15, 0.2) is 0 Å². The predicted octanol–water partition coefficient (Wildman–Crippen LogP) is 4.33. The molecule has 3 nitrogen and oxygen atoms in total. The minimum absolute atomic E-state index is 0.227. The summed E-state index contributed by atoms with van der Waals surface area (Å²) in [5.41, 5.74) is 8.90. The Labute approximate surface area is 128 Å². The van der Waals surface area contributed by atoms with Gasteiger partial charge in [0.1, 0.15) is 11.5 Å². The van der Waals surface area contributed by atoms with Crippen LogP contribution >= 0.6 is 22.6 Å². The topological polar surface area (TPSA) is 52.0 Å². The molecule has 0 fully saturated rings. The molecule has 0 atom stereocenters. The van der Waals surface area contributed by atoms with Gasteiger partial charge in [0.2, 0.25) is 5.88 Å². The molecule has 0 spiro atoms. The molecule has 1 heterocycles. The third kappa shape index (κ3) is 2.40. The van der Waals surface area contributed by atoms with E-state index in [2.05, 4.69) is 27.7 Å². The molecule has 2 N–H and O–H groups in total. The van der Waals surface area contributed by atoms with E-state index in [0.717, 1.165) is 14.7 Å². The third-order valence-corrected chi connectivity index (χ3v) is 3.62. The number of aromatic nitrogens is 1. The second-order valence-corrected chi connectivity index (χ2v) is 5.53. The Morgan fingerprint density at radius 1 is 1.05 bits per heavy atom. The van der Waals surface area contributed by atoms with Gasteiger partial charge >= 0.3 is 0 Å². The average molecular weight is 380 g/mol. The van der Waals surface area contributed by atoms with Crippen LogP contribution in [0.15, 0.2) is 53.1 Å². The van der Waals surface area contributed by atoms with Crippen molar-refractivity contribution in [1.29, 1.82) is 0 Å². The summed E-state index contributed by atoms with van der Waals surface area (Å²) in [5.74, 6) is -0.0648. The summed E-state index contributed by atoms with van der Waals surface area (Å²) in [6.07, 6.45) is 0. The number of hydrogen-bond acceptors (Lipinski definition) is 3. The van der Waals surface area contributed by atoms with Gasteiger partial charge in [-0.3, -0.25) is 0 Å². The minimum atomic E-state index is -0.292. The second-order valence-electron chi connectivity index (χ2n) is 4.29. The molecule has 0 bridgehead atoms.